The van der Waals surface area contributed by atoms with E-state index in [0.717, 1.165) is 17.8 Å². The Labute approximate surface area is 102 Å². The zero-order chi connectivity index (χ0) is 13.1. The zero-order valence-electron chi connectivity index (χ0n) is 9.62. The molecule has 0 aliphatic heterocycles. The Balaban J connectivity index is 2.20. The maximum absolute atomic E-state index is 13.0. The van der Waals surface area contributed by atoms with E-state index in [1.54, 1.807) is 25.3 Å². The maximum atomic E-state index is 13.0. The molecule has 2 rings (SSSR count). The molecule has 0 aliphatic rings. The molecule has 0 aliphatic carbocycles. The van der Waals surface area contributed by atoms with Crippen LogP contribution in [0.15, 0.2) is 36.5 Å². The lowest BCUT2D eigenvalue weighted by Gasteiger charge is -2.14. The highest BCUT2D eigenvalue weighted by Crippen LogP contribution is 2.21. The van der Waals surface area contributed by atoms with Crippen LogP contribution in [-0.2, 0) is 0 Å². The van der Waals surface area contributed by atoms with E-state index in [9.17, 15) is 13.2 Å². The van der Waals surface area contributed by atoms with Gasteiger partial charge >= 0.3 is 0 Å². The molecule has 0 amide bonds. The Morgan fingerprint density at radius 3 is 2.33 bits per heavy atom. The van der Waals surface area contributed by atoms with Crippen molar-refractivity contribution in [2.75, 3.05) is 5.32 Å². The van der Waals surface area contributed by atoms with Crippen molar-refractivity contribution in [1.82, 2.24) is 4.98 Å². The Hall–Kier alpha value is -2.04. The molecule has 1 heterocycles. The number of nitrogens with zero attached hydrogens (tertiary/aromatic N) is 1. The molecule has 18 heavy (non-hydrogen) atoms. The van der Waals surface area contributed by atoms with Crippen molar-refractivity contribution >= 4 is 5.69 Å². The van der Waals surface area contributed by atoms with Gasteiger partial charge in [-0.2, -0.15) is 0 Å². The average molecular weight is 252 g/mol. The van der Waals surface area contributed by atoms with Crippen molar-refractivity contribution < 1.29 is 13.2 Å². The van der Waals surface area contributed by atoms with Crippen molar-refractivity contribution in [2.45, 2.75) is 13.0 Å². The summed E-state index contributed by atoms with van der Waals surface area (Å²) in [5, 5.41) is 2.86. The Morgan fingerprint density at radius 2 is 1.78 bits per heavy atom. The number of nitrogens with one attached hydrogen (secondary N) is 1. The highest BCUT2D eigenvalue weighted by atomic mass is 19.2. The fourth-order valence-electron chi connectivity index (χ4n) is 1.59. The predicted molar refractivity (Wildman–Crippen MR) is 62.6 cm³/mol. The van der Waals surface area contributed by atoms with Crippen LogP contribution in [-0.4, -0.2) is 4.98 Å². The van der Waals surface area contributed by atoms with Crippen molar-refractivity contribution in [3.8, 4) is 0 Å². The summed E-state index contributed by atoms with van der Waals surface area (Å²) in [6, 6.07) is 6.96. The largest absolute Gasteiger partial charge is 0.377 e. The van der Waals surface area contributed by atoms with Gasteiger partial charge in [-0.05, 0) is 19.1 Å². The van der Waals surface area contributed by atoms with Gasteiger partial charge < -0.3 is 5.32 Å². The molecule has 1 N–H and O–H groups in total. The lowest BCUT2D eigenvalue weighted by molar-refractivity contribution is 0.447. The predicted octanol–water partition coefficient (Wildman–Crippen LogP) is 3.67. The summed E-state index contributed by atoms with van der Waals surface area (Å²) >= 11 is 0. The number of benzene rings is 1. The standard InChI is InChI=1S/C13H11F3N2/c1-8(12-4-2-3-5-17-12)18-9-6-10(14)13(16)11(15)7-9/h2-8,18H,1H3. The van der Waals surface area contributed by atoms with Crippen molar-refractivity contribution in [3.05, 3.63) is 59.7 Å². The molecule has 2 aromatic rings. The molecule has 94 valence electrons. The number of rotatable bonds is 3. The quantitative estimate of drug-likeness (QED) is 0.843. The van der Waals surface area contributed by atoms with E-state index in [1.807, 2.05) is 6.07 Å². The Bertz CT molecular complexity index is 520. The smallest absolute Gasteiger partial charge is 0.194 e. The van der Waals surface area contributed by atoms with Crippen molar-refractivity contribution in [2.24, 2.45) is 0 Å². The molecular formula is C13H11F3N2. The first-order valence-electron chi connectivity index (χ1n) is 5.40. The fraction of sp³-hybridized carbons (Fsp3) is 0.154. The molecule has 1 unspecified atom stereocenters. The fourth-order valence-corrected chi connectivity index (χ4v) is 1.59. The molecule has 5 heteroatoms. The molecule has 0 saturated carbocycles. The van der Waals surface area contributed by atoms with Gasteiger partial charge in [0.2, 0.25) is 0 Å². The van der Waals surface area contributed by atoms with Crippen molar-refractivity contribution in [3.63, 3.8) is 0 Å². The first-order chi connectivity index (χ1) is 8.58. The molecular weight excluding hydrogens is 241 g/mol. The van der Waals surface area contributed by atoms with Crippen LogP contribution in [0.4, 0.5) is 18.9 Å². The second-order valence-electron chi connectivity index (χ2n) is 3.87. The molecule has 0 fully saturated rings. The number of pyridine rings is 1. The third kappa shape index (κ3) is 2.61. The van der Waals surface area contributed by atoms with E-state index >= 15 is 0 Å². The third-order valence-corrected chi connectivity index (χ3v) is 2.50. The first-order valence-corrected chi connectivity index (χ1v) is 5.40. The van der Waals surface area contributed by atoms with Gasteiger partial charge in [-0.3, -0.25) is 4.98 Å². The molecule has 0 saturated heterocycles. The highest BCUT2D eigenvalue weighted by molar-refractivity contribution is 5.45. The van der Waals surface area contributed by atoms with Gasteiger partial charge in [-0.25, -0.2) is 13.2 Å². The van der Waals surface area contributed by atoms with Crippen LogP contribution in [0.3, 0.4) is 0 Å². The lowest BCUT2D eigenvalue weighted by atomic mass is 10.2. The monoisotopic (exact) mass is 252 g/mol. The number of hydrogen-bond acceptors (Lipinski definition) is 2. The summed E-state index contributed by atoms with van der Waals surface area (Å²) < 4.78 is 38.8. The summed E-state index contributed by atoms with van der Waals surface area (Å²) in [6.45, 7) is 1.79. The Kier molecular flexibility index (Phi) is 3.50. The summed E-state index contributed by atoms with van der Waals surface area (Å²) in [5.74, 6) is -3.90. The minimum atomic E-state index is -1.47. The third-order valence-electron chi connectivity index (χ3n) is 2.50. The summed E-state index contributed by atoms with van der Waals surface area (Å²) in [4.78, 5) is 4.11. The van der Waals surface area contributed by atoms with Gasteiger partial charge in [0.15, 0.2) is 17.5 Å². The van der Waals surface area contributed by atoms with Gasteiger partial charge in [0, 0.05) is 24.0 Å². The van der Waals surface area contributed by atoms with Gasteiger partial charge in [-0.1, -0.05) is 6.07 Å². The number of anilines is 1. The van der Waals surface area contributed by atoms with Crippen LogP contribution in [0.1, 0.15) is 18.7 Å². The minimum Gasteiger partial charge on any atom is -0.377 e. The van der Waals surface area contributed by atoms with Crippen LogP contribution in [0.25, 0.3) is 0 Å². The van der Waals surface area contributed by atoms with E-state index in [0.29, 0.717) is 0 Å². The number of hydrogen-bond donors (Lipinski definition) is 1. The van der Waals surface area contributed by atoms with Crippen LogP contribution in [0.5, 0.6) is 0 Å². The van der Waals surface area contributed by atoms with Crippen LogP contribution in [0.2, 0.25) is 0 Å². The zero-order valence-corrected chi connectivity index (χ0v) is 9.62. The second-order valence-corrected chi connectivity index (χ2v) is 3.87. The average Bonchev–Trinajstić information content (AvgIpc) is 2.37. The van der Waals surface area contributed by atoms with Crippen molar-refractivity contribution in [1.29, 1.82) is 0 Å². The van der Waals surface area contributed by atoms with Gasteiger partial charge in [0.25, 0.3) is 0 Å². The van der Waals surface area contributed by atoms with Crippen LogP contribution < -0.4 is 5.32 Å². The molecule has 2 nitrogen and oxygen atoms in total. The van der Waals surface area contributed by atoms with E-state index in [1.165, 1.54) is 0 Å². The first kappa shape index (κ1) is 12.4. The summed E-state index contributed by atoms with van der Waals surface area (Å²) in [7, 11) is 0. The highest BCUT2D eigenvalue weighted by Gasteiger charge is 2.12. The normalized spacial score (nSPS) is 12.2. The van der Waals surface area contributed by atoms with E-state index in [4.69, 9.17) is 0 Å². The van der Waals surface area contributed by atoms with Crippen LogP contribution in [0, 0.1) is 17.5 Å². The molecule has 1 aromatic heterocycles. The molecule has 0 bridgehead atoms. The van der Waals surface area contributed by atoms with Gasteiger partial charge in [-0.15, -0.1) is 0 Å². The maximum Gasteiger partial charge on any atom is 0.194 e. The van der Waals surface area contributed by atoms with E-state index < -0.39 is 17.5 Å². The second kappa shape index (κ2) is 5.08. The summed E-state index contributed by atoms with van der Waals surface area (Å²) in [6.07, 6.45) is 1.62. The molecule has 1 atom stereocenters. The van der Waals surface area contributed by atoms with Gasteiger partial charge in [0.05, 0.1) is 11.7 Å². The van der Waals surface area contributed by atoms with Crippen LogP contribution >= 0.6 is 0 Å². The minimum absolute atomic E-state index is 0.171. The number of aromatic nitrogens is 1. The Morgan fingerprint density at radius 1 is 1.11 bits per heavy atom. The number of halogens is 3. The molecule has 0 radical (unpaired) electrons. The molecule has 1 aromatic carbocycles. The topological polar surface area (TPSA) is 24.9 Å². The van der Waals surface area contributed by atoms with Gasteiger partial charge in [0.1, 0.15) is 0 Å². The molecule has 0 spiro atoms. The summed E-state index contributed by atoms with van der Waals surface area (Å²) in [5.41, 5.74) is 0.896. The SMILES string of the molecule is CC(Nc1cc(F)c(F)c(F)c1)c1ccccn1. The van der Waals surface area contributed by atoms with E-state index in [-0.39, 0.29) is 11.7 Å². The van der Waals surface area contributed by atoms with E-state index in [2.05, 4.69) is 10.3 Å². The lowest BCUT2D eigenvalue weighted by Crippen LogP contribution is -2.09.